The average molecular weight is 324 g/mol. The van der Waals surface area contributed by atoms with Crippen molar-refractivity contribution in [3.05, 3.63) is 47.5 Å². The molecule has 0 aromatic heterocycles. The van der Waals surface area contributed by atoms with Gasteiger partial charge in [-0.15, -0.1) is 31.4 Å². The molecule has 0 bridgehead atoms. The van der Waals surface area contributed by atoms with Gasteiger partial charge in [0, 0.05) is 37.2 Å². The van der Waals surface area contributed by atoms with Crippen molar-refractivity contribution in [1.82, 2.24) is 9.80 Å². The van der Waals surface area contributed by atoms with Gasteiger partial charge in [-0.05, 0) is 24.7 Å². The third kappa shape index (κ3) is 4.97. The van der Waals surface area contributed by atoms with Crippen molar-refractivity contribution in [2.24, 2.45) is 0 Å². The van der Waals surface area contributed by atoms with Gasteiger partial charge in [-0.3, -0.25) is 4.90 Å². The molecule has 0 saturated carbocycles. The molecule has 2 rings (SSSR count). The highest BCUT2D eigenvalue weighted by Gasteiger charge is 2.25. The number of nitrogens with zero attached hydrogens (tertiary/aromatic N) is 2. The van der Waals surface area contributed by atoms with Crippen LogP contribution in [0, 0.1) is 0 Å². The summed E-state index contributed by atoms with van der Waals surface area (Å²) in [6.07, 6.45) is 1.98. The van der Waals surface area contributed by atoms with Crippen LogP contribution in [0.3, 0.4) is 0 Å². The van der Waals surface area contributed by atoms with Crippen LogP contribution in [-0.2, 0) is 0 Å². The first-order chi connectivity index (χ1) is 8.20. The normalized spacial score (nSPS) is 20.2. The zero-order chi connectivity index (χ0) is 12.3. The molecule has 108 valence electrons. The molecule has 1 heterocycles. The van der Waals surface area contributed by atoms with Crippen molar-refractivity contribution < 1.29 is 0 Å². The minimum atomic E-state index is 0. The van der Waals surface area contributed by atoms with Crippen LogP contribution in [-0.4, -0.2) is 43.0 Å². The summed E-state index contributed by atoms with van der Waals surface area (Å²) in [6, 6.07) is 8.64. The van der Waals surface area contributed by atoms with E-state index in [4.69, 9.17) is 11.6 Å². The van der Waals surface area contributed by atoms with Crippen LogP contribution < -0.4 is 0 Å². The Morgan fingerprint density at radius 1 is 1.26 bits per heavy atom. The molecule has 1 aliphatic heterocycles. The summed E-state index contributed by atoms with van der Waals surface area (Å²) >= 11 is 5.94. The van der Waals surface area contributed by atoms with Gasteiger partial charge in [-0.1, -0.05) is 29.8 Å². The van der Waals surface area contributed by atoms with E-state index in [9.17, 15) is 0 Å². The quantitative estimate of drug-likeness (QED) is 0.783. The summed E-state index contributed by atoms with van der Waals surface area (Å²) < 4.78 is 0. The Hall–Kier alpha value is -0.250. The van der Waals surface area contributed by atoms with Crippen molar-refractivity contribution >= 4 is 36.4 Å². The maximum atomic E-state index is 5.94. The lowest BCUT2D eigenvalue weighted by molar-refractivity contribution is 0.101. The molecule has 0 aliphatic carbocycles. The number of hydrogen-bond donors (Lipinski definition) is 0. The molecule has 1 atom stereocenters. The maximum Gasteiger partial charge on any atom is 0.0478 e. The van der Waals surface area contributed by atoms with Crippen LogP contribution in [0.5, 0.6) is 0 Å². The maximum absolute atomic E-state index is 5.94. The Labute approximate surface area is 133 Å². The second-order valence-corrected chi connectivity index (χ2v) is 5.05. The molecular formula is C14H21Cl3N2. The second-order valence-electron chi connectivity index (χ2n) is 4.61. The second kappa shape index (κ2) is 8.83. The minimum absolute atomic E-state index is 0. The van der Waals surface area contributed by atoms with Crippen molar-refractivity contribution in [3.63, 3.8) is 0 Å². The fourth-order valence-corrected chi connectivity index (χ4v) is 2.47. The Morgan fingerprint density at radius 3 is 2.47 bits per heavy atom. The van der Waals surface area contributed by atoms with Gasteiger partial charge in [0.1, 0.15) is 0 Å². The molecule has 1 saturated heterocycles. The minimum Gasteiger partial charge on any atom is -0.303 e. The lowest BCUT2D eigenvalue weighted by Gasteiger charge is -2.39. The van der Waals surface area contributed by atoms with Crippen LogP contribution in [0.4, 0.5) is 0 Å². The molecule has 1 aromatic rings. The summed E-state index contributed by atoms with van der Waals surface area (Å²) in [7, 11) is 2.17. The van der Waals surface area contributed by atoms with Gasteiger partial charge < -0.3 is 4.90 Å². The van der Waals surface area contributed by atoms with Crippen LogP contribution >= 0.6 is 36.4 Å². The number of likely N-dealkylation sites (N-methyl/N-ethyl adjacent to an activating group) is 1. The summed E-state index contributed by atoms with van der Waals surface area (Å²) in [5.41, 5.74) is 1.34. The van der Waals surface area contributed by atoms with E-state index in [-0.39, 0.29) is 24.8 Å². The first-order valence-electron chi connectivity index (χ1n) is 5.99. The molecule has 0 spiro atoms. The fourth-order valence-electron chi connectivity index (χ4n) is 2.34. The summed E-state index contributed by atoms with van der Waals surface area (Å²) in [5.74, 6) is 0. The zero-order valence-electron chi connectivity index (χ0n) is 11.1. The average Bonchev–Trinajstić information content (AvgIpc) is 2.33. The largest absolute Gasteiger partial charge is 0.303 e. The van der Waals surface area contributed by atoms with E-state index in [0.717, 1.165) is 31.2 Å². The molecule has 5 heteroatoms. The van der Waals surface area contributed by atoms with Crippen LogP contribution in [0.2, 0.25) is 5.02 Å². The first-order valence-corrected chi connectivity index (χ1v) is 6.37. The van der Waals surface area contributed by atoms with E-state index in [2.05, 4.69) is 35.6 Å². The Balaban J connectivity index is 0.00000162. The van der Waals surface area contributed by atoms with Gasteiger partial charge in [0.25, 0.3) is 0 Å². The van der Waals surface area contributed by atoms with Crippen molar-refractivity contribution in [3.8, 4) is 0 Å². The van der Waals surface area contributed by atoms with Gasteiger partial charge in [-0.2, -0.15) is 0 Å². The predicted octanol–water partition coefficient (Wildman–Crippen LogP) is 3.66. The molecule has 0 radical (unpaired) electrons. The number of rotatable bonds is 3. The summed E-state index contributed by atoms with van der Waals surface area (Å²) in [5, 5.41) is 0.799. The van der Waals surface area contributed by atoms with E-state index in [0.29, 0.717) is 6.04 Å². The van der Waals surface area contributed by atoms with Gasteiger partial charge in [-0.25, -0.2) is 0 Å². The third-order valence-electron chi connectivity index (χ3n) is 3.31. The van der Waals surface area contributed by atoms with Gasteiger partial charge in [0.15, 0.2) is 0 Å². The molecule has 1 fully saturated rings. The predicted molar refractivity (Wildman–Crippen MR) is 88.0 cm³/mol. The van der Waals surface area contributed by atoms with Gasteiger partial charge in [0.2, 0.25) is 0 Å². The fraction of sp³-hybridized carbons (Fsp3) is 0.429. The molecule has 2 nitrogen and oxygen atoms in total. The third-order valence-corrected chi connectivity index (χ3v) is 3.56. The van der Waals surface area contributed by atoms with Crippen molar-refractivity contribution in [1.29, 1.82) is 0 Å². The van der Waals surface area contributed by atoms with Crippen molar-refractivity contribution in [2.75, 3.05) is 33.2 Å². The highest BCUT2D eigenvalue weighted by molar-refractivity contribution is 6.30. The molecule has 19 heavy (non-hydrogen) atoms. The van der Waals surface area contributed by atoms with Gasteiger partial charge in [0.05, 0.1) is 0 Å². The SMILES string of the molecule is C=CCN1CCN(C)CC1c1ccc(Cl)cc1.Cl.Cl. The monoisotopic (exact) mass is 322 g/mol. The van der Waals surface area contributed by atoms with Gasteiger partial charge >= 0.3 is 0 Å². The number of benzene rings is 1. The smallest absolute Gasteiger partial charge is 0.0478 e. The zero-order valence-corrected chi connectivity index (χ0v) is 13.5. The van der Waals surface area contributed by atoms with E-state index < -0.39 is 0 Å². The summed E-state index contributed by atoms with van der Waals surface area (Å²) in [6.45, 7) is 8.07. The lowest BCUT2D eigenvalue weighted by Crippen LogP contribution is -2.46. The van der Waals surface area contributed by atoms with Crippen LogP contribution in [0.15, 0.2) is 36.9 Å². The van der Waals surface area contributed by atoms with E-state index in [1.807, 2.05) is 18.2 Å². The first kappa shape index (κ1) is 18.8. The molecule has 1 aliphatic rings. The Morgan fingerprint density at radius 2 is 1.89 bits per heavy atom. The highest BCUT2D eigenvalue weighted by atomic mass is 35.5. The van der Waals surface area contributed by atoms with E-state index in [1.165, 1.54) is 5.56 Å². The molecule has 1 aromatic carbocycles. The Kier molecular flexibility index (Phi) is 8.71. The molecule has 0 N–H and O–H groups in total. The topological polar surface area (TPSA) is 6.48 Å². The van der Waals surface area contributed by atoms with E-state index >= 15 is 0 Å². The van der Waals surface area contributed by atoms with Crippen molar-refractivity contribution in [2.45, 2.75) is 6.04 Å². The number of piperazine rings is 1. The highest BCUT2D eigenvalue weighted by Crippen LogP contribution is 2.25. The number of hydrogen-bond acceptors (Lipinski definition) is 2. The molecule has 0 amide bonds. The number of halogens is 3. The standard InChI is InChI=1S/C14H19ClN2.2ClH/c1-3-8-17-10-9-16(2)11-14(17)12-4-6-13(15)7-5-12;;/h3-7,14H,1,8-11H2,2H3;2*1H. The summed E-state index contributed by atoms with van der Waals surface area (Å²) in [4.78, 5) is 4.84. The lowest BCUT2D eigenvalue weighted by atomic mass is 10.0. The molecular weight excluding hydrogens is 303 g/mol. The molecule has 1 unspecified atom stereocenters. The van der Waals surface area contributed by atoms with E-state index in [1.54, 1.807) is 0 Å². The Bertz CT molecular complexity index is 381. The van der Waals surface area contributed by atoms with Crippen LogP contribution in [0.25, 0.3) is 0 Å². The van der Waals surface area contributed by atoms with Crippen LogP contribution in [0.1, 0.15) is 11.6 Å².